The molecule has 6 heteroatoms. The first-order valence-electron chi connectivity index (χ1n) is 8.04. The Morgan fingerprint density at radius 2 is 2.00 bits per heavy atom. The van der Waals surface area contributed by atoms with E-state index in [0.717, 1.165) is 5.56 Å². The van der Waals surface area contributed by atoms with Crippen LogP contribution < -0.4 is 20.1 Å². The molecule has 0 aromatic heterocycles. The number of amides is 2. The smallest absolute Gasteiger partial charge is 0.265 e. The second-order valence-electron chi connectivity index (χ2n) is 6.04. The number of rotatable bonds is 4. The van der Waals surface area contributed by atoms with Crippen molar-refractivity contribution < 1.29 is 19.1 Å². The molecule has 1 heterocycles. The lowest BCUT2D eigenvalue weighted by molar-refractivity contribution is -0.122. The molecule has 2 amide bonds. The van der Waals surface area contributed by atoms with Crippen LogP contribution in [0.1, 0.15) is 18.1 Å². The Hall–Kier alpha value is -3.02. The normalized spacial score (nSPS) is 15.6. The van der Waals surface area contributed by atoms with Crippen molar-refractivity contribution in [2.75, 3.05) is 17.2 Å². The molecule has 1 unspecified atom stereocenters. The third kappa shape index (κ3) is 3.91. The summed E-state index contributed by atoms with van der Waals surface area (Å²) in [5, 5.41) is 5.49. The van der Waals surface area contributed by atoms with E-state index < -0.39 is 6.10 Å². The van der Waals surface area contributed by atoms with Gasteiger partial charge in [-0.25, -0.2) is 0 Å². The minimum Gasteiger partial charge on any atom is -0.484 e. The van der Waals surface area contributed by atoms with Gasteiger partial charge in [-0.2, -0.15) is 0 Å². The molecule has 0 spiro atoms. The van der Waals surface area contributed by atoms with Crippen LogP contribution in [0, 0.1) is 13.8 Å². The minimum atomic E-state index is -0.528. The van der Waals surface area contributed by atoms with Crippen molar-refractivity contribution in [1.29, 1.82) is 0 Å². The summed E-state index contributed by atoms with van der Waals surface area (Å²) >= 11 is 0. The van der Waals surface area contributed by atoms with Gasteiger partial charge in [-0.1, -0.05) is 6.07 Å². The summed E-state index contributed by atoms with van der Waals surface area (Å²) in [5.41, 5.74) is 3.38. The highest BCUT2D eigenvalue weighted by Crippen LogP contribution is 2.32. The fraction of sp³-hybridized carbons (Fsp3) is 0.263. The van der Waals surface area contributed by atoms with Crippen LogP contribution in [-0.4, -0.2) is 24.5 Å². The molecular formula is C19H20N2O4. The van der Waals surface area contributed by atoms with Crippen molar-refractivity contribution in [2.24, 2.45) is 0 Å². The number of anilines is 2. The third-order valence-electron chi connectivity index (χ3n) is 4.04. The summed E-state index contributed by atoms with van der Waals surface area (Å²) in [6.07, 6.45) is -0.528. The lowest BCUT2D eigenvalue weighted by Crippen LogP contribution is -2.34. The number of carbonyl (C=O) groups excluding carboxylic acids is 2. The van der Waals surface area contributed by atoms with Crippen molar-refractivity contribution in [3.63, 3.8) is 0 Å². The van der Waals surface area contributed by atoms with Gasteiger partial charge in [0.2, 0.25) is 0 Å². The van der Waals surface area contributed by atoms with E-state index in [1.54, 1.807) is 25.1 Å². The molecule has 1 aliphatic heterocycles. The quantitative estimate of drug-likeness (QED) is 0.897. The molecule has 130 valence electrons. The van der Waals surface area contributed by atoms with E-state index in [1.807, 2.05) is 32.0 Å². The summed E-state index contributed by atoms with van der Waals surface area (Å²) in [5.74, 6) is 0.735. The monoisotopic (exact) mass is 340 g/mol. The number of hydrogen-bond donors (Lipinski definition) is 2. The molecule has 0 saturated heterocycles. The largest absolute Gasteiger partial charge is 0.484 e. The van der Waals surface area contributed by atoms with E-state index >= 15 is 0 Å². The molecule has 0 bridgehead atoms. The van der Waals surface area contributed by atoms with Crippen LogP contribution in [0.25, 0.3) is 0 Å². The van der Waals surface area contributed by atoms with Gasteiger partial charge in [-0.3, -0.25) is 9.59 Å². The van der Waals surface area contributed by atoms with E-state index in [2.05, 4.69) is 10.6 Å². The van der Waals surface area contributed by atoms with Crippen molar-refractivity contribution in [3.8, 4) is 11.5 Å². The highest BCUT2D eigenvalue weighted by molar-refractivity contribution is 5.99. The number of hydrogen-bond acceptors (Lipinski definition) is 4. The Balaban J connectivity index is 1.60. The molecule has 0 fully saturated rings. The Kier molecular flexibility index (Phi) is 4.61. The second-order valence-corrected chi connectivity index (χ2v) is 6.04. The molecule has 25 heavy (non-hydrogen) atoms. The molecule has 1 atom stereocenters. The predicted molar refractivity (Wildman–Crippen MR) is 95.2 cm³/mol. The van der Waals surface area contributed by atoms with E-state index in [9.17, 15) is 9.59 Å². The van der Waals surface area contributed by atoms with Gasteiger partial charge in [0.1, 0.15) is 11.5 Å². The van der Waals surface area contributed by atoms with Crippen LogP contribution in [0.4, 0.5) is 11.4 Å². The fourth-order valence-corrected chi connectivity index (χ4v) is 2.44. The van der Waals surface area contributed by atoms with Crippen molar-refractivity contribution in [3.05, 3.63) is 47.5 Å². The predicted octanol–water partition coefficient (Wildman–Crippen LogP) is 3.04. The number of carbonyl (C=O) groups is 2. The zero-order chi connectivity index (χ0) is 18.0. The molecule has 6 nitrogen and oxygen atoms in total. The molecule has 0 saturated carbocycles. The average Bonchev–Trinajstić information content (AvgIpc) is 2.57. The average molecular weight is 340 g/mol. The van der Waals surface area contributed by atoms with Crippen LogP contribution in [0.15, 0.2) is 36.4 Å². The maximum absolute atomic E-state index is 12.1. The minimum absolute atomic E-state index is 0.0977. The van der Waals surface area contributed by atoms with Gasteiger partial charge >= 0.3 is 0 Å². The summed E-state index contributed by atoms with van der Waals surface area (Å²) in [7, 11) is 0. The van der Waals surface area contributed by atoms with Gasteiger partial charge in [-0.05, 0) is 62.2 Å². The Labute approximate surface area is 146 Å². The number of aryl methyl sites for hydroxylation is 2. The Bertz CT molecular complexity index is 832. The van der Waals surface area contributed by atoms with Gasteiger partial charge in [0.25, 0.3) is 11.8 Å². The van der Waals surface area contributed by atoms with Crippen molar-refractivity contribution in [1.82, 2.24) is 0 Å². The molecule has 0 aliphatic carbocycles. The number of benzene rings is 2. The van der Waals surface area contributed by atoms with Gasteiger partial charge < -0.3 is 20.1 Å². The number of nitrogens with one attached hydrogen (secondary N) is 2. The Morgan fingerprint density at radius 3 is 2.76 bits per heavy atom. The lowest BCUT2D eigenvalue weighted by Gasteiger charge is -2.23. The van der Waals surface area contributed by atoms with Crippen LogP contribution in [-0.2, 0) is 9.59 Å². The van der Waals surface area contributed by atoms with E-state index in [-0.39, 0.29) is 18.4 Å². The van der Waals surface area contributed by atoms with Crippen LogP contribution in [0.5, 0.6) is 11.5 Å². The van der Waals surface area contributed by atoms with Crippen molar-refractivity contribution in [2.45, 2.75) is 26.9 Å². The maximum atomic E-state index is 12.1. The standard InChI is InChI=1S/C19H20N2O4/c1-11-4-6-15(8-12(11)2)24-10-18(22)20-14-5-7-17-16(9-14)21-19(23)13(3)25-17/h4-9,13H,10H2,1-3H3,(H,20,22)(H,21,23). The van der Waals surface area contributed by atoms with Crippen LogP contribution in [0.2, 0.25) is 0 Å². The van der Waals surface area contributed by atoms with Crippen LogP contribution in [0.3, 0.4) is 0 Å². The zero-order valence-corrected chi connectivity index (χ0v) is 14.4. The molecule has 2 aromatic rings. The molecule has 0 radical (unpaired) electrons. The first kappa shape index (κ1) is 16.8. The highest BCUT2D eigenvalue weighted by Gasteiger charge is 2.23. The summed E-state index contributed by atoms with van der Waals surface area (Å²) in [6, 6.07) is 10.8. The summed E-state index contributed by atoms with van der Waals surface area (Å²) in [4.78, 5) is 23.7. The molecule has 1 aliphatic rings. The lowest BCUT2D eigenvalue weighted by atomic mass is 10.1. The van der Waals surface area contributed by atoms with Gasteiger partial charge in [0.05, 0.1) is 5.69 Å². The van der Waals surface area contributed by atoms with Gasteiger partial charge in [0.15, 0.2) is 12.7 Å². The fourth-order valence-electron chi connectivity index (χ4n) is 2.44. The zero-order valence-electron chi connectivity index (χ0n) is 14.4. The van der Waals surface area contributed by atoms with E-state index in [1.165, 1.54) is 5.56 Å². The van der Waals surface area contributed by atoms with Gasteiger partial charge in [-0.15, -0.1) is 0 Å². The SMILES string of the molecule is Cc1ccc(OCC(=O)Nc2ccc3c(c2)NC(=O)C(C)O3)cc1C. The first-order valence-corrected chi connectivity index (χ1v) is 8.04. The molecular weight excluding hydrogens is 320 g/mol. The summed E-state index contributed by atoms with van der Waals surface area (Å²) < 4.78 is 11.0. The molecule has 3 rings (SSSR count). The maximum Gasteiger partial charge on any atom is 0.265 e. The number of ether oxygens (including phenoxy) is 2. The molecule has 2 aromatic carbocycles. The van der Waals surface area contributed by atoms with Gasteiger partial charge in [0, 0.05) is 5.69 Å². The second kappa shape index (κ2) is 6.84. The van der Waals surface area contributed by atoms with Crippen molar-refractivity contribution >= 4 is 23.2 Å². The highest BCUT2D eigenvalue weighted by atomic mass is 16.5. The number of fused-ring (bicyclic) bond motifs is 1. The Morgan fingerprint density at radius 1 is 1.20 bits per heavy atom. The van der Waals surface area contributed by atoms with E-state index in [0.29, 0.717) is 22.9 Å². The van der Waals surface area contributed by atoms with Crippen LogP contribution >= 0.6 is 0 Å². The first-order chi connectivity index (χ1) is 11.9. The third-order valence-corrected chi connectivity index (χ3v) is 4.04. The van der Waals surface area contributed by atoms with E-state index in [4.69, 9.17) is 9.47 Å². The molecule has 2 N–H and O–H groups in total. The topological polar surface area (TPSA) is 76.7 Å². The summed E-state index contributed by atoms with van der Waals surface area (Å²) in [6.45, 7) is 5.59.